The molecule has 2 aliphatic rings. The number of alkyl halides is 2. The van der Waals surface area contributed by atoms with E-state index in [-0.39, 0.29) is 5.82 Å². The highest BCUT2D eigenvalue weighted by Gasteiger charge is 2.59. The fourth-order valence-electron chi connectivity index (χ4n) is 2.11. The Hall–Kier alpha value is -1.58. The van der Waals surface area contributed by atoms with Crippen LogP contribution < -0.4 is 5.73 Å². The summed E-state index contributed by atoms with van der Waals surface area (Å²) < 4.78 is 45.5. The predicted molar refractivity (Wildman–Crippen MR) is 63.4 cm³/mol. The van der Waals surface area contributed by atoms with Crippen LogP contribution in [0, 0.1) is 0 Å². The van der Waals surface area contributed by atoms with Crippen molar-refractivity contribution in [1.29, 1.82) is 0 Å². The van der Waals surface area contributed by atoms with Crippen LogP contribution in [0.15, 0.2) is 29.4 Å². The number of aliphatic imine (C=N–C) groups is 1. The topological polar surface area (TPSA) is 91.3 Å². The summed E-state index contributed by atoms with van der Waals surface area (Å²) in [4.78, 5) is 4.39. The van der Waals surface area contributed by atoms with Gasteiger partial charge in [-0.15, -0.1) is 0 Å². The summed E-state index contributed by atoms with van der Waals surface area (Å²) in [5, 5.41) is 19.0. The summed E-state index contributed by atoms with van der Waals surface area (Å²) in [6.07, 6.45) is -4.46. The molecule has 9 heteroatoms. The number of aliphatic hydroxyl groups is 2. The molecule has 2 aliphatic heterocycles. The molecule has 0 spiro atoms. The quantitative estimate of drug-likeness (QED) is 0.664. The molecule has 1 saturated heterocycles. The zero-order chi connectivity index (χ0) is 15.1. The molecule has 1 fully saturated rings. The van der Waals surface area contributed by atoms with Crippen LogP contribution in [-0.2, 0) is 4.74 Å². The Bertz CT molecular complexity index is 485. The molecule has 0 aliphatic carbocycles. The van der Waals surface area contributed by atoms with Crippen LogP contribution in [0.3, 0.4) is 0 Å². The first-order valence-electron chi connectivity index (χ1n) is 5.73. The third-order valence-electron chi connectivity index (χ3n) is 3.23. The minimum absolute atomic E-state index is 0.147. The number of halogens is 3. The van der Waals surface area contributed by atoms with Crippen molar-refractivity contribution in [3.63, 3.8) is 0 Å². The van der Waals surface area contributed by atoms with Gasteiger partial charge in [-0.1, -0.05) is 6.58 Å². The molecular formula is C11H14F3N3O3. The highest BCUT2D eigenvalue weighted by Crippen LogP contribution is 2.38. The minimum atomic E-state index is -2.57. The summed E-state index contributed by atoms with van der Waals surface area (Å²) in [6, 6.07) is 0. The predicted octanol–water partition coefficient (Wildman–Crippen LogP) is -0.303. The summed E-state index contributed by atoms with van der Waals surface area (Å²) >= 11 is 0. The highest BCUT2D eigenvalue weighted by molar-refractivity contribution is 5.96. The van der Waals surface area contributed by atoms with E-state index in [1.807, 2.05) is 0 Å². The molecule has 112 valence electrons. The van der Waals surface area contributed by atoms with Gasteiger partial charge in [0, 0.05) is 6.20 Å². The number of amidine groups is 1. The number of nitrogens with zero attached hydrogens (tertiary/aromatic N) is 2. The Morgan fingerprint density at radius 3 is 2.80 bits per heavy atom. The van der Waals surface area contributed by atoms with Crippen LogP contribution >= 0.6 is 0 Å². The molecule has 4 atom stereocenters. The summed E-state index contributed by atoms with van der Waals surface area (Å²) in [6.45, 7) is 1.19. The fourth-order valence-corrected chi connectivity index (χ4v) is 2.11. The molecule has 0 aromatic rings. The number of aliphatic hydroxyl groups excluding tert-OH is 1. The van der Waals surface area contributed by atoms with Crippen molar-refractivity contribution in [3.05, 3.63) is 24.4 Å². The monoisotopic (exact) mass is 293 g/mol. The summed E-state index contributed by atoms with van der Waals surface area (Å²) in [5.74, 6) is -1.54. The first-order chi connectivity index (χ1) is 9.35. The van der Waals surface area contributed by atoms with E-state index >= 15 is 0 Å². The van der Waals surface area contributed by atoms with Gasteiger partial charge in [0.2, 0.25) is 0 Å². The molecule has 0 saturated carbocycles. The van der Waals surface area contributed by atoms with Gasteiger partial charge in [0.25, 0.3) is 0 Å². The molecule has 6 nitrogen and oxygen atoms in total. The van der Waals surface area contributed by atoms with Crippen LogP contribution in [0.2, 0.25) is 0 Å². The third-order valence-corrected chi connectivity index (χ3v) is 3.23. The minimum Gasteiger partial charge on any atom is -0.394 e. The van der Waals surface area contributed by atoms with Gasteiger partial charge in [0.1, 0.15) is 18.6 Å². The highest BCUT2D eigenvalue weighted by atomic mass is 19.1. The van der Waals surface area contributed by atoms with Gasteiger partial charge in [-0.3, -0.25) is 0 Å². The van der Waals surface area contributed by atoms with E-state index < -0.39 is 49.0 Å². The molecule has 2 heterocycles. The van der Waals surface area contributed by atoms with Gasteiger partial charge in [-0.2, -0.15) is 0 Å². The Morgan fingerprint density at radius 2 is 2.25 bits per heavy atom. The normalized spacial score (nSPS) is 38.0. The second-order valence-electron chi connectivity index (χ2n) is 4.53. The lowest BCUT2D eigenvalue weighted by Gasteiger charge is -2.36. The molecule has 2 rings (SSSR count). The van der Waals surface area contributed by atoms with Gasteiger partial charge in [-0.25, -0.2) is 18.2 Å². The molecule has 0 aromatic heterocycles. The molecule has 0 radical (unpaired) electrons. The lowest BCUT2D eigenvalue weighted by atomic mass is 9.96. The van der Waals surface area contributed by atoms with Crippen LogP contribution in [0.5, 0.6) is 0 Å². The molecule has 0 bridgehead atoms. The first kappa shape index (κ1) is 14.8. The van der Waals surface area contributed by atoms with E-state index in [0.717, 1.165) is 11.1 Å². The van der Waals surface area contributed by atoms with E-state index in [1.54, 1.807) is 0 Å². The van der Waals surface area contributed by atoms with Gasteiger partial charge >= 0.3 is 0 Å². The number of hydrogen-bond acceptors (Lipinski definition) is 6. The van der Waals surface area contributed by atoms with Crippen molar-refractivity contribution in [2.24, 2.45) is 10.7 Å². The molecule has 0 amide bonds. The Morgan fingerprint density at radius 1 is 1.60 bits per heavy atom. The van der Waals surface area contributed by atoms with E-state index in [9.17, 15) is 18.3 Å². The lowest BCUT2D eigenvalue weighted by Crippen LogP contribution is -2.54. The molecule has 1 unspecified atom stereocenters. The standard InChI is InChI=1S/C11H14F3N3O3/c1-5-16-9(15)6(13)2-17(5)10-11(19,4-12)8(14)7(3-18)20-10/h2,7-8,10,18-19H,1,3-4H2,(H2,15,16)/t7-,8+,10-,11?/m1/s1. The van der Waals surface area contributed by atoms with E-state index in [1.165, 1.54) is 0 Å². The Labute approximate surface area is 112 Å². The Kier molecular flexibility index (Phi) is 3.76. The van der Waals surface area contributed by atoms with Gasteiger partial charge in [-0.05, 0) is 0 Å². The first-order valence-corrected chi connectivity index (χ1v) is 5.73. The van der Waals surface area contributed by atoms with Crippen molar-refractivity contribution in [3.8, 4) is 0 Å². The fraction of sp³-hybridized carbons (Fsp3) is 0.545. The number of rotatable bonds is 3. The van der Waals surface area contributed by atoms with Crippen LogP contribution in [0.1, 0.15) is 0 Å². The molecular weight excluding hydrogens is 279 g/mol. The zero-order valence-electron chi connectivity index (χ0n) is 10.3. The van der Waals surface area contributed by atoms with E-state index in [0.29, 0.717) is 0 Å². The lowest BCUT2D eigenvalue weighted by molar-refractivity contribution is -0.124. The molecule has 4 N–H and O–H groups in total. The van der Waals surface area contributed by atoms with Crippen molar-refractivity contribution in [1.82, 2.24) is 4.90 Å². The number of hydrogen-bond donors (Lipinski definition) is 3. The van der Waals surface area contributed by atoms with Crippen molar-refractivity contribution in [2.75, 3.05) is 13.3 Å². The molecule has 20 heavy (non-hydrogen) atoms. The summed E-state index contributed by atoms with van der Waals surface area (Å²) in [5.41, 5.74) is 2.66. The average molecular weight is 293 g/mol. The number of nitrogens with two attached hydrogens (primary N) is 1. The van der Waals surface area contributed by atoms with Gasteiger partial charge in [0.05, 0.1) is 6.61 Å². The second-order valence-corrected chi connectivity index (χ2v) is 4.53. The molecule has 0 aromatic carbocycles. The average Bonchev–Trinajstić information content (AvgIpc) is 2.67. The second kappa shape index (κ2) is 5.08. The van der Waals surface area contributed by atoms with Crippen molar-refractivity contribution in [2.45, 2.75) is 24.1 Å². The SMILES string of the molecule is C=C1N=C(N)C(F)=CN1[C@@H]1O[C@H](CO)[C@H](F)C1(O)CF. The smallest absolute Gasteiger partial charge is 0.181 e. The van der Waals surface area contributed by atoms with Crippen molar-refractivity contribution < 1.29 is 28.1 Å². The maximum absolute atomic E-state index is 13.9. The Balaban J connectivity index is 2.35. The third kappa shape index (κ3) is 2.07. The van der Waals surface area contributed by atoms with E-state index in [2.05, 4.69) is 11.6 Å². The maximum Gasteiger partial charge on any atom is 0.181 e. The van der Waals surface area contributed by atoms with Crippen LogP contribution in [0.4, 0.5) is 13.2 Å². The van der Waals surface area contributed by atoms with Crippen LogP contribution in [-0.4, -0.2) is 58.3 Å². The largest absolute Gasteiger partial charge is 0.394 e. The maximum atomic E-state index is 13.9. The van der Waals surface area contributed by atoms with Gasteiger partial charge in [0.15, 0.2) is 29.7 Å². The van der Waals surface area contributed by atoms with Gasteiger partial charge < -0.3 is 25.6 Å². The van der Waals surface area contributed by atoms with E-state index in [4.69, 9.17) is 15.6 Å². The zero-order valence-corrected chi connectivity index (χ0v) is 10.3. The summed E-state index contributed by atoms with van der Waals surface area (Å²) in [7, 11) is 0. The van der Waals surface area contributed by atoms with Crippen LogP contribution in [0.25, 0.3) is 0 Å². The van der Waals surface area contributed by atoms with Crippen molar-refractivity contribution >= 4 is 5.84 Å². The number of ether oxygens (including phenoxy) is 1.